The minimum atomic E-state index is -0.550. The number of hydrogen-bond donors (Lipinski definition) is 0. The van der Waals surface area contributed by atoms with Crippen LogP contribution >= 0.6 is 0 Å². The fourth-order valence-corrected chi connectivity index (χ4v) is 2.07. The molecular weight excluding hydrogens is 288 g/mol. The van der Waals surface area contributed by atoms with E-state index >= 15 is 0 Å². The smallest absolute Gasteiger partial charge is 0.346 e. The van der Waals surface area contributed by atoms with E-state index in [0.29, 0.717) is 22.3 Å². The van der Waals surface area contributed by atoms with Gasteiger partial charge in [0.05, 0.1) is 22.3 Å². The molecule has 2 heterocycles. The Morgan fingerprint density at radius 1 is 0.455 bits per heavy atom. The number of esters is 4. The van der Waals surface area contributed by atoms with Gasteiger partial charge in [0.2, 0.25) is 0 Å². The second-order valence-corrected chi connectivity index (χ2v) is 4.45. The van der Waals surface area contributed by atoms with Gasteiger partial charge in [-0.25, -0.2) is 19.2 Å². The molecular formula is C16H8O6. The van der Waals surface area contributed by atoms with Crippen LogP contribution in [0.4, 0.5) is 0 Å². The lowest BCUT2D eigenvalue weighted by molar-refractivity contribution is 0.0425. The molecule has 0 amide bonds. The molecule has 22 heavy (non-hydrogen) atoms. The predicted molar refractivity (Wildman–Crippen MR) is 72.4 cm³/mol. The first kappa shape index (κ1) is 13.7. The molecule has 2 aliphatic rings. The van der Waals surface area contributed by atoms with E-state index in [1.807, 2.05) is 0 Å². The third kappa shape index (κ3) is 2.26. The van der Waals surface area contributed by atoms with E-state index in [1.165, 1.54) is 0 Å². The van der Waals surface area contributed by atoms with Gasteiger partial charge in [0.1, 0.15) is 0 Å². The highest BCUT2D eigenvalue weighted by atomic mass is 16.6. The predicted octanol–water partition coefficient (Wildman–Crippen LogP) is 1.99. The normalized spacial score (nSPS) is 14.5. The lowest BCUT2D eigenvalue weighted by atomic mass is 10.1. The summed E-state index contributed by atoms with van der Waals surface area (Å²) in [6, 6.07) is 13.1. The van der Waals surface area contributed by atoms with Gasteiger partial charge in [-0.15, -0.1) is 0 Å². The summed E-state index contributed by atoms with van der Waals surface area (Å²) < 4.78 is 8.71. The SMILES string of the molecule is O=C1OC(=O)c2ccccc21.O=C1OC(=O)c2ccccc21. The van der Waals surface area contributed by atoms with Crippen LogP contribution in [-0.4, -0.2) is 23.9 Å². The van der Waals surface area contributed by atoms with Crippen molar-refractivity contribution in [1.82, 2.24) is 0 Å². The second-order valence-electron chi connectivity index (χ2n) is 4.45. The van der Waals surface area contributed by atoms with Crippen LogP contribution in [0.5, 0.6) is 0 Å². The van der Waals surface area contributed by atoms with Crippen LogP contribution in [0.15, 0.2) is 48.5 Å². The largest absolute Gasteiger partial charge is 0.386 e. The Morgan fingerprint density at radius 2 is 0.682 bits per heavy atom. The van der Waals surface area contributed by atoms with Crippen LogP contribution in [0, 0.1) is 0 Å². The zero-order valence-electron chi connectivity index (χ0n) is 11.1. The Morgan fingerprint density at radius 3 is 0.909 bits per heavy atom. The number of cyclic esters (lactones) is 4. The Bertz CT molecular complexity index is 685. The maximum absolute atomic E-state index is 10.8. The summed E-state index contributed by atoms with van der Waals surface area (Å²) >= 11 is 0. The van der Waals surface area contributed by atoms with Crippen LogP contribution < -0.4 is 0 Å². The second kappa shape index (κ2) is 5.25. The average molecular weight is 296 g/mol. The lowest BCUT2D eigenvalue weighted by Crippen LogP contribution is -1.96. The fourth-order valence-electron chi connectivity index (χ4n) is 2.07. The van der Waals surface area contributed by atoms with E-state index in [4.69, 9.17) is 0 Å². The third-order valence-corrected chi connectivity index (χ3v) is 3.10. The molecule has 0 saturated carbocycles. The minimum Gasteiger partial charge on any atom is -0.386 e. The quantitative estimate of drug-likeness (QED) is 0.546. The van der Waals surface area contributed by atoms with Crippen LogP contribution in [0.1, 0.15) is 41.4 Å². The van der Waals surface area contributed by atoms with E-state index in [2.05, 4.69) is 9.47 Å². The highest BCUT2D eigenvalue weighted by molar-refractivity contribution is 6.15. The molecule has 2 aliphatic heterocycles. The van der Waals surface area contributed by atoms with Gasteiger partial charge in [0.15, 0.2) is 0 Å². The number of carbonyl (C=O) groups is 4. The molecule has 0 atom stereocenters. The maximum atomic E-state index is 10.8. The zero-order valence-corrected chi connectivity index (χ0v) is 11.1. The molecule has 4 rings (SSSR count). The van der Waals surface area contributed by atoms with E-state index in [0.717, 1.165) is 0 Å². The van der Waals surface area contributed by atoms with Gasteiger partial charge < -0.3 is 9.47 Å². The Labute approximate surface area is 124 Å². The highest BCUT2D eigenvalue weighted by Gasteiger charge is 2.29. The van der Waals surface area contributed by atoms with Gasteiger partial charge in [0.25, 0.3) is 0 Å². The van der Waals surface area contributed by atoms with Crippen molar-refractivity contribution < 1.29 is 28.7 Å². The van der Waals surface area contributed by atoms with Crippen molar-refractivity contribution in [3.63, 3.8) is 0 Å². The highest BCUT2D eigenvalue weighted by Crippen LogP contribution is 2.19. The lowest BCUT2D eigenvalue weighted by Gasteiger charge is -1.86. The summed E-state index contributed by atoms with van der Waals surface area (Å²) in [4.78, 5) is 43.3. The van der Waals surface area contributed by atoms with Crippen molar-refractivity contribution in [3.05, 3.63) is 70.8 Å². The molecule has 6 heteroatoms. The summed E-state index contributed by atoms with van der Waals surface area (Å²) in [7, 11) is 0. The molecule has 0 radical (unpaired) electrons. The van der Waals surface area contributed by atoms with E-state index in [-0.39, 0.29) is 0 Å². The molecule has 0 N–H and O–H groups in total. The molecule has 0 aromatic heterocycles. The van der Waals surface area contributed by atoms with Crippen molar-refractivity contribution in [1.29, 1.82) is 0 Å². The van der Waals surface area contributed by atoms with Crippen molar-refractivity contribution in [2.24, 2.45) is 0 Å². The van der Waals surface area contributed by atoms with Gasteiger partial charge in [0, 0.05) is 0 Å². The first-order valence-corrected chi connectivity index (χ1v) is 6.29. The van der Waals surface area contributed by atoms with Crippen molar-refractivity contribution in [3.8, 4) is 0 Å². The summed E-state index contributed by atoms with van der Waals surface area (Å²) in [6.45, 7) is 0. The van der Waals surface area contributed by atoms with Gasteiger partial charge in [-0.2, -0.15) is 0 Å². The minimum absolute atomic E-state index is 0.359. The summed E-state index contributed by atoms with van der Waals surface area (Å²) in [5, 5.41) is 0. The Balaban J connectivity index is 0.000000131. The molecule has 0 fully saturated rings. The number of carbonyl (C=O) groups excluding carboxylic acids is 4. The average Bonchev–Trinajstić information content (AvgIpc) is 2.99. The number of benzene rings is 2. The number of ether oxygens (including phenoxy) is 2. The summed E-state index contributed by atoms with van der Waals surface area (Å²) in [6.07, 6.45) is 0. The van der Waals surface area contributed by atoms with Crippen molar-refractivity contribution in [2.45, 2.75) is 0 Å². The van der Waals surface area contributed by atoms with E-state index in [9.17, 15) is 19.2 Å². The molecule has 0 spiro atoms. The maximum Gasteiger partial charge on any atom is 0.346 e. The van der Waals surface area contributed by atoms with Gasteiger partial charge in [-0.05, 0) is 24.3 Å². The molecule has 6 nitrogen and oxygen atoms in total. The number of rotatable bonds is 0. The molecule has 0 bridgehead atoms. The van der Waals surface area contributed by atoms with Crippen molar-refractivity contribution in [2.75, 3.05) is 0 Å². The zero-order chi connectivity index (χ0) is 15.7. The van der Waals surface area contributed by atoms with Gasteiger partial charge in [-0.1, -0.05) is 24.3 Å². The van der Waals surface area contributed by atoms with Crippen LogP contribution in [0.3, 0.4) is 0 Å². The Kier molecular flexibility index (Phi) is 3.27. The standard InChI is InChI=1S/2C8H4O3/c2*9-7-5-3-1-2-4-6(5)8(10)11-7/h2*1-4H. The van der Waals surface area contributed by atoms with Crippen LogP contribution in [-0.2, 0) is 9.47 Å². The number of fused-ring (bicyclic) bond motifs is 2. The van der Waals surface area contributed by atoms with Crippen LogP contribution in [0.25, 0.3) is 0 Å². The molecule has 0 saturated heterocycles. The topological polar surface area (TPSA) is 86.7 Å². The van der Waals surface area contributed by atoms with Gasteiger partial charge in [-0.3, -0.25) is 0 Å². The van der Waals surface area contributed by atoms with Gasteiger partial charge >= 0.3 is 23.9 Å². The monoisotopic (exact) mass is 296 g/mol. The molecule has 2 aromatic carbocycles. The summed E-state index contributed by atoms with van der Waals surface area (Å²) in [5.41, 5.74) is 1.44. The number of hydrogen-bond acceptors (Lipinski definition) is 6. The molecule has 108 valence electrons. The Hall–Kier alpha value is -3.28. The molecule has 0 unspecified atom stereocenters. The first-order chi connectivity index (χ1) is 10.6. The molecule has 0 aliphatic carbocycles. The van der Waals surface area contributed by atoms with Crippen molar-refractivity contribution >= 4 is 23.9 Å². The first-order valence-electron chi connectivity index (χ1n) is 6.29. The van der Waals surface area contributed by atoms with E-state index in [1.54, 1.807) is 48.5 Å². The third-order valence-electron chi connectivity index (χ3n) is 3.10. The van der Waals surface area contributed by atoms with Crippen LogP contribution in [0.2, 0.25) is 0 Å². The molecule has 2 aromatic rings. The van der Waals surface area contributed by atoms with E-state index < -0.39 is 23.9 Å². The fraction of sp³-hybridized carbons (Fsp3) is 0. The summed E-state index contributed by atoms with van der Waals surface area (Å²) in [5.74, 6) is -2.20.